The van der Waals surface area contributed by atoms with E-state index in [1.165, 1.54) is 0 Å². The molecule has 132 valence electrons. The third kappa shape index (κ3) is 3.79. The van der Waals surface area contributed by atoms with Crippen LogP contribution in [-0.4, -0.2) is 32.8 Å². The van der Waals surface area contributed by atoms with Crippen LogP contribution in [0.1, 0.15) is 37.6 Å². The summed E-state index contributed by atoms with van der Waals surface area (Å²) in [4.78, 5) is 23.7. The molecule has 1 aromatic carbocycles. The predicted octanol–water partition coefficient (Wildman–Crippen LogP) is 2.90. The Labute approximate surface area is 143 Å². The monoisotopic (exact) mass is 350 g/mol. The molecule has 0 bridgehead atoms. The van der Waals surface area contributed by atoms with Crippen LogP contribution in [-0.2, 0) is 9.22 Å². The average Bonchev–Trinajstić information content (AvgIpc) is 2.45. The highest BCUT2D eigenvalue weighted by molar-refractivity contribution is 6.74. The van der Waals surface area contributed by atoms with Gasteiger partial charge in [0, 0.05) is 13.0 Å². The second-order valence-electron chi connectivity index (χ2n) is 7.54. The number of nitrogens with two attached hydrogens (primary N) is 1. The zero-order valence-corrected chi connectivity index (χ0v) is 15.9. The molecule has 1 aromatic rings. The molecule has 3 N–H and O–H groups in total. The molecule has 0 spiro atoms. The van der Waals surface area contributed by atoms with Crippen molar-refractivity contribution in [3.63, 3.8) is 0 Å². The fraction of sp³-hybridized carbons (Fsp3) is 0.529. The molecule has 0 aromatic heterocycles. The van der Waals surface area contributed by atoms with Gasteiger partial charge in [-0.05, 0) is 30.3 Å². The minimum atomic E-state index is -1.86. The van der Waals surface area contributed by atoms with Gasteiger partial charge in [-0.3, -0.25) is 9.59 Å². The summed E-state index contributed by atoms with van der Waals surface area (Å²) < 4.78 is 11.9. The highest BCUT2D eigenvalue weighted by atomic mass is 28.4. The van der Waals surface area contributed by atoms with Crippen molar-refractivity contribution in [2.45, 2.75) is 51.4 Å². The van der Waals surface area contributed by atoms with E-state index < -0.39 is 20.3 Å². The van der Waals surface area contributed by atoms with E-state index in [0.29, 0.717) is 24.5 Å². The molecule has 0 aliphatic carbocycles. The zero-order chi connectivity index (χ0) is 18.1. The number of ether oxygens (including phenoxy) is 1. The van der Waals surface area contributed by atoms with Crippen LogP contribution in [0.15, 0.2) is 18.2 Å². The van der Waals surface area contributed by atoms with Crippen molar-refractivity contribution in [2.24, 2.45) is 5.73 Å². The Morgan fingerprint density at radius 1 is 1.38 bits per heavy atom. The normalized spacial score (nSPS) is 17.7. The van der Waals surface area contributed by atoms with Crippen molar-refractivity contribution in [1.29, 1.82) is 0 Å². The lowest BCUT2D eigenvalue weighted by atomic mass is 10.1. The summed E-state index contributed by atoms with van der Waals surface area (Å²) >= 11 is 0. The molecular weight excluding hydrogens is 324 g/mol. The molecule has 1 aliphatic rings. The number of para-hydroxylation sites is 1. The van der Waals surface area contributed by atoms with Gasteiger partial charge in [-0.1, -0.05) is 26.8 Å². The number of anilines is 1. The van der Waals surface area contributed by atoms with Crippen LogP contribution in [0.5, 0.6) is 5.75 Å². The summed E-state index contributed by atoms with van der Waals surface area (Å²) in [6.45, 7) is 11.3. The molecule has 2 amide bonds. The van der Waals surface area contributed by atoms with E-state index in [0.717, 1.165) is 0 Å². The van der Waals surface area contributed by atoms with E-state index in [1.54, 1.807) is 18.2 Å². The fourth-order valence-electron chi connectivity index (χ4n) is 2.20. The molecule has 1 heterocycles. The van der Waals surface area contributed by atoms with E-state index in [-0.39, 0.29) is 16.5 Å². The van der Waals surface area contributed by atoms with Crippen molar-refractivity contribution < 1.29 is 18.8 Å². The van der Waals surface area contributed by atoms with Gasteiger partial charge < -0.3 is 20.2 Å². The Hall–Kier alpha value is -1.86. The number of amides is 2. The lowest BCUT2D eigenvalue weighted by molar-refractivity contribution is -0.124. The van der Waals surface area contributed by atoms with Crippen molar-refractivity contribution in [1.82, 2.24) is 0 Å². The minimum Gasteiger partial charge on any atom is -0.478 e. The van der Waals surface area contributed by atoms with Crippen LogP contribution in [0.4, 0.5) is 5.69 Å². The molecule has 2 rings (SSSR count). The Kier molecular flexibility index (Phi) is 5.05. The summed E-state index contributed by atoms with van der Waals surface area (Å²) in [5.41, 5.74) is 5.92. The van der Waals surface area contributed by atoms with Gasteiger partial charge in [0.15, 0.2) is 14.4 Å². The van der Waals surface area contributed by atoms with Crippen molar-refractivity contribution in [3.05, 3.63) is 23.8 Å². The maximum absolute atomic E-state index is 12.3. The Balaban J connectivity index is 2.04. The first-order chi connectivity index (χ1) is 11.0. The smallest absolute Gasteiger partial charge is 0.265 e. The first kappa shape index (κ1) is 18.5. The van der Waals surface area contributed by atoms with Crippen LogP contribution in [0.25, 0.3) is 0 Å². The summed E-state index contributed by atoms with van der Waals surface area (Å²) in [6.07, 6.45) is -0.177. The number of fused-ring (bicyclic) bond motifs is 1. The number of primary amides is 1. The maximum atomic E-state index is 12.3. The fourth-order valence-corrected chi connectivity index (χ4v) is 3.26. The van der Waals surface area contributed by atoms with E-state index in [9.17, 15) is 9.59 Å². The molecule has 7 heteroatoms. The van der Waals surface area contributed by atoms with Gasteiger partial charge >= 0.3 is 0 Å². The van der Waals surface area contributed by atoms with Gasteiger partial charge in [-0.2, -0.15) is 0 Å². The number of nitrogens with one attached hydrogen (secondary N) is 1. The van der Waals surface area contributed by atoms with Crippen LogP contribution < -0.4 is 15.8 Å². The van der Waals surface area contributed by atoms with Gasteiger partial charge in [-0.25, -0.2) is 0 Å². The van der Waals surface area contributed by atoms with Gasteiger partial charge in [0.25, 0.3) is 11.8 Å². The van der Waals surface area contributed by atoms with Crippen LogP contribution >= 0.6 is 0 Å². The Morgan fingerprint density at radius 2 is 2.04 bits per heavy atom. The minimum absolute atomic E-state index is 0.117. The second kappa shape index (κ2) is 6.56. The number of carbonyl (C=O) groups is 2. The molecule has 0 radical (unpaired) electrons. The second-order valence-corrected chi connectivity index (χ2v) is 12.3. The maximum Gasteiger partial charge on any atom is 0.265 e. The highest BCUT2D eigenvalue weighted by Crippen LogP contribution is 2.37. The third-order valence-electron chi connectivity index (χ3n) is 4.75. The van der Waals surface area contributed by atoms with Crippen LogP contribution in [0, 0.1) is 0 Å². The summed E-state index contributed by atoms with van der Waals surface area (Å²) in [7, 11) is -1.86. The Morgan fingerprint density at radius 3 is 2.62 bits per heavy atom. The molecule has 0 saturated carbocycles. The van der Waals surface area contributed by atoms with Gasteiger partial charge in [0.05, 0.1) is 11.3 Å². The largest absolute Gasteiger partial charge is 0.478 e. The van der Waals surface area contributed by atoms with Crippen LogP contribution in [0.2, 0.25) is 18.1 Å². The molecule has 24 heavy (non-hydrogen) atoms. The molecule has 1 aliphatic heterocycles. The number of rotatable bonds is 5. The summed E-state index contributed by atoms with van der Waals surface area (Å²) in [5.74, 6) is -0.422. The molecule has 1 unspecified atom stereocenters. The highest BCUT2D eigenvalue weighted by Gasteiger charge is 2.38. The summed E-state index contributed by atoms with van der Waals surface area (Å²) in [5, 5.41) is 2.85. The SMILES string of the molecule is CC(C)(C)[Si](C)(C)OCCC1Oc2cccc(C(N)=O)c2NC1=O. The van der Waals surface area contributed by atoms with Crippen molar-refractivity contribution >= 4 is 25.8 Å². The van der Waals surface area contributed by atoms with Crippen LogP contribution in [0.3, 0.4) is 0 Å². The first-order valence-electron chi connectivity index (χ1n) is 8.07. The zero-order valence-electron chi connectivity index (χ0n) is 14.9. The molecular formula is C17H26N2O4Si. The van der Waals surface area contributed by atoms with E-state index in [1.807, 2.05) is 0 Å². The number of benzene rings is 1. The molecule has 6 nitrogen and oxygen atoms in total. The third-order valence-corrected chi connectivity index (χ3v) is 9.29. The first-order valence-corrected chi connectivity index (χ1v) is 11.0. The van der Waals surface area contributed by atoms with E-state index in [2.05, 4.69) is 39.2 Å². The lowest BCUT2D eigenvalue weighted by Crippen LogP contribution is -2.43. The predicted molar refractivity (Wildman–Crippen MR) is 95.8 cm³/mol. The van der Waals surface area contributed by atoms with E-state index in [4.69, 9.17) is 14.9 Å². The lowest BCUT2D eigenvalue weighted by Gasteiger charge is -2.36. The Bertz CT molecular complexity index is 652. The van der Waals surface area contributed by atoms with E-state index >= 15 is 0 Å². The van der Waals surface area contributed by atoms with Crippen molar-refractivity contribution in [3.8, 4) is 5.75 Å². The number of hydrogen-bond acceptors (Lipinski definition) is 4. The molecule has 0 fully saturated rings. The van der Waals surface area contributed by atoms with Gasteiger partial charge in [-0.15, -0.1) is 0 Å². The summed E-state index contributed by atoms with van der Waals surface area (Å²) in [6, 6.07) is 4.95. The topological polar surface area (TPSA) is 90.7 Å². The molecule has 1 atom stereocenters. The molecule has 0 saturated heterocycles. The van der Waals surface area contributed by atoms with Gasteiger partial charge in [0.1, 0.15) is 5.75 Å². The quantitative estimate of drug-likeness (QED) is 0.799. The van der Waals surface area contributed by atoms with Crippen molar-refractivity contribution in [2.75, 3.05) is 11.9 Å². The number of carbonyl (C=O) groups excluding carboxylic acids is 2. The standard InChI is InChI=1S/C17H26N2O4Si/c1-17(2,3)24(4,5)22-10-9-13-16(21)19-14-11(15(18)20)7-6-8-12(14)23-13/h6-8,13H,9-10H2,1-5H3,(H2,18,20)(H,19,21). The van der Waals surface area contributed by atoms with Gasteiger partial charge in [0.2, 0.25) is 0 Å². The number of hydrogen-bond donors (Lipinski definition) is 2. The average molecular weight is 350 g/mol.